The summed E-state index contributed by atoms with van der Waals surface area (Å²) in [6.45, 7) is 5.92. The van der Waals surface area contributed by atoms with Crippen LogP contribution in [0.1, 0.15) is 17.3 Å². The number of ether oxygens (including phenoxy) is 1. The number of carbonyl (C=O) groups excluding carboxylic acids is 1. The van der Waals surface area contributed by atoms with Gasteiger partial charge in [-0.2, -0.15) is 4.98 Å². The molecular formula is C21H27N7O2. The second-order valence-corrected chi connectivity index (χ2v) is 7.36. The van der Waals surface area contributed by atoms with Crippen LogP contribution in [0.25, 0.3) is 16.7 Å². The highest BCUT2D eigenvalue weighted by Crippen LogP contribution is 2.31. The normalized spacial score (nSPS) is 14.8. The van der Waals surface area contributed by atoms with Crippen molar-refractivity contribution in [3.63, 3.8) is 0 Å². The maximum atomic E-state index is 13.0. The molecule has 0 spiro atoms. The van der Waals surface area contributed by atoms with Crippen molar-refractivity contribution in [2.75, 3.05) is 57.9 Å². The maximum Gasteiger partial charge on any atom is 0.254 e. The smallest absolute Gasteiger partial charge is 0.254 e. The summed E-state index contributed by atoms with van der Waals surface area (Å²) >= 11 is 0. The molecule has 30 heavy (non-hydrogen) atoms. The lowest BCUT2D eigenvalue weighted by atomic mass is 10.1. The summed E-state index contributed by atoms with van der Waals surface area (Å²) in [5, 5.41) is 3.24. The van der Waals surface area contributed by atoms with Crippen LogP contribution in [-0.4, -0.2) is 77.1 Å². The van der Waals surface area contributed by atoms with Crippen molar-refractivity contribution < 1.29 is 9.53 Å². The van der Waals surface area contributed by atoms with E-state index in [9.17, 15) is 4.79 Å². The van der Waals surface area contributed by atoms with E-state index < -0.39 is 0 Å². The SMILES string of the molecule is CCNc1nc(N)nc2ccn(-c3ccc(C(=O)N4CCN(C)CC4)cc3OC)c12. The van der Waals surface area contributed by atoms with Crippen LogP contribution in [0.3, 0.4) is 0 Å². The molecule has 9 nitrogen and oxygen atoms in total. The molecule has 0 radical (unpaired) electrons. The van der Waals surface area contributed by atoms with Gasteiger partial charge in [-0.05, 0) is 38.2 Å². The molecule has 4 rings (SSSR count). The Morgan fingerprint density at radius 3 is 2.67 bits per heavy atom. The molecule has 158 valence electrons. The van der Waals surface area contributed by atoms with Gasteiger partial charge < -0.3 is 30.2 Å². The zero-order valence-corrected chi connectivity index (χ0v) is 17.6. The number of methoxy groups -OCH3 is 1. The first-order valence-electron chi connectivity index (χ1n) is 10.1. The van der Waals surface area contributed by atoms with Gasteiger partial charge in [-0.1, -0.05) is 0 Å². The molecule has 1 aliphatic rings. The first kappa shape index (κ1) is 20.0. The predicted octanol–water partition coefficient (Wildman–Crippen LogP) is 1.83. The Hall–Kier alpha value is -3.33. The van der Waals surface area contributed by atoms with E-state index in [4.69, 9.17) is 10.5 Å². The number of hydrogen-bond acceptors (Lipinski definition) is 7. The highest BCUT2D eigenvalue weighted by atomic mass is 16.5. The van der Waals surface area contributed by atoms with E-state index in [0.717, 1.165) is 42.9 Å². The number of aromatic nitrogens is 3. The topological polar surface area (TPSA) is 102 Å². The molecule has 3 aromatic rings. The third kappa shape index (κ3) is 3.63. The average molecular weight is 409 g/mol. The average Bonchev–Trinajstić information content (AvgIpc) is 3.17. The second kappa shape index (κ2) is 8.19. The highest BCUT2D eigenvalue weighted by Gasteiger charge is 2.22. The molecule has 1 saturated heterocycles. The number of fused-ring (bicyclic) bond motifs is 1. The number of carbonyl (C=O) groups is 1. The van der Waals surface area contributed by atoms with Gasteiger partial charge in [0, 0.05) is 44.5 Å². The Morgan fingerprint density at radius 1 is 1.20 bits per heavy atom. The van der Waals surface area contributed by atoms with Gasteiger partial charge in [0.05, 0.1) is 18.3 Å². The van der Waals surface area contributed by atoms with Crippen molar-refractivity contribution in [1.82, 2.24) is 24.3 Å². The number of amides is 1. The molecule has 9 heteroatoms. The number of benzene rings is 1. The van der Waals surface area contributed by atoms with Gasteiger partial charge in [-0.25, -0.2) is 4.98 Å². The quantitative estimate of drug-likeness (QED) is 0.663. The fourth-order valence-corrected chi connectivity index (χ4v) is 3.76. The second-order valence-electron chi connectivity index (χ2n) is 7.36. The van der Waals surface area contributed by atoms with Crippen LogP contribution >= 0.6 is 0 Å². The minimum absolute atomic E-state index is 0.0229. The van der Waals surface area contributed by atoms with Gasteiger partial charge in [0.1, 0.15) is 11.3 Å². The summed E-state index contributed by atoms with van der Waals surface area (Å²) < 4.78 is 7.61. The van der Waals surface area contributed by atoms with Crippen LogP contribution in [0.5, 0.6) is 5.75 Å². The minimum atomic E-state index is 0.0229. The number of hydrogen-bond donors (Lipinski definition) is 2. The van der Waals surface area contributed by atoms with Gasteiger partial charge in [0.25, 0.3) is 5.91 Å². The van der Waals surface area contributed by atoms with Crippen LogP contribution < -0.4 is 15.8 Å². The Kier molecular flexibility index (Phi) is 5.45. The van der Waals surface area contributed by atoms with Crippen LogP contribution in [0.15, 0.2) is 30.5 Å². The molecular weight excluding hydrogens is 382 g/mol. The number of nitrogens with zero attached hydrogens (tertiary/aromatic N) is 5. The summed E-state index contributed by atoms with van der Waals surface area (Å²) in [5.41, 5.74) is 8.81. The van der Waals surface area contributed by atoms with Crippen LogP contribution in [0.2, 0.25) is 0 Å². The van der Waals surface area contributed by atoms with Gasteiger partial charge in [0.15, 0.2) is 5.82 Å². The maximum absolute atomic E-state index is 13.0. The van der Waals surface area contributed by atoms with Crippen molar-refractivity contribution in [3.8, 4) is 11.4 Å². The number of nitrogen functional groups attached to an aromatic ring is 1. The number of likely N-dealkylation sites (N-methyl/N-ethyl adjacent to an activating group) is 1. The number of anilines is 2. The number of nitrogens with one attached hydrogen (secondary N) is 1. The molecule has 1 amide bonds. The molecule has 1 aliphatic heterocycles. The Balaban J connectivity index is 1.73. The Labute approximate surface area is 175 Å². The Bertz CT molecular complexity index is 1070. The van der Waals surface area contributed by atoms with Crippen molar-refractivity contribution >= 4 is 28.7 Å². The summed E-state index contributed by atoms with van der Waals surface area (Å²) in [7, 11) is 3.67. The number of rotatable bonds is 5. The zero-order valence-electron chi connectivity index (χ0n) is 17.6. The van der Waals surface area contributed by atoms with E-state index in [2.05, 4.69) is 27.2 Å². The molecule has 1 fully saturated rings. The highest BCUT2D eigenvalue weighted by molar-refractivity contribution is 5.95. The van der Waals surface area contributed by atoms with Crippen LogP contribution in [0, 0.1) is 0 Å². The molecule has 0 bridgehead atoms. The fourth-order valence-electron chi connectivity index (χ4n) is 3.76. The zero-order chi connectivity index (χ0) is 21.3. The summed E-state index contributed by atoms with van der Waals surface area (Å²) in [6, 6.07) is 7.42. The van der Waals surface area contributed by atoms with E-state index in [1.807, 2.05) is 40.8 Å². The van der Waals surface area contributed by atoms with E-state index in [-0.39, 0.29) is 11.9 Å². The first-order chi connectivity index (χ1) is 14.5. The van der Waals surface area contributed by atoms with Gasteiger partial charge in [-0.3, -0.25) is 4.79 Å². The molecule has 0 aliphatic carbocycles. The molecule has 3 heterocycles. The van der Waals surface area contributed by atoms with E-state index in [0.29, 0.717) is 23.7 Å². The van der Waals surface area contributed by atoms with E-state index in [1.165, 1.54) is 0 Å². The minimum Gasteiger partial charge on any atom is -0.495 e. The monoisotopic (exact) mass is 409 g/mol. The lowest BCUT2D eigenvalue weighted by Gasteiger charge is -2.32. The van der Waals surface area contributed by atoms with Crippen molar-refractivity contribution in [1.29, 1.82) is 0 Å². The largest absolute Gasteiger partial charge is 0.495 e. The summed E-state index contributed by atoms with van der Waals surface area (Å²) in [5.74, 6) is 1.50. The summed E-state index contributed by atoms with van der Waals surface area (Å²) in [4.78, 5) is 25.8. The van der Waals surface area contributed by atoms with Gasteiger partial charge in [0.2, 0.25) is 5.95 Å². The van der Waals surface area contributed by atoms with Gasteiger partial charge in [-0.15, -0.1) is 0 Å². The number of nitrogens with two attached hydrogens (primary N) is 1. The van der Waals surface area contributed by atoms with Crippen LogP contribution in [-0.2, 0) is 0 Å². The molecule has 0 saturated carbocycles. The molecule has 2 aromatic heterocycles. The summed E-state index contributed by atoms with van der Waals surface area (Å²) in [6.07, 6.45) is 1.90. The van der Waals surface area contributed by atoms with Crippen LogP contribution in [0.4, 0.5) is 11.8 Å². The lowest BCUT2D eigenvalue weighted by molar-refractivity contribution is 0.0664. The molecule has 0 unspecified atom stereocenters. The molecule has 0 atom stereocenters. The third-order valence-electron chi connectivity index (χ3n) is 5.37. The fraction of sp³-hybridized carbons (Fsp3) is 0.381. The van der Waals surface area contributed by atoms with E-state index >= 15 is 0 Å². The molecule has 3 N–H and O–H groups in total. The molecule has 1 aromatic carbocycles. The van der Waals surface area contributed by atoms with E-state index in [1.54, 1.807) is 13.2 Å². The lowest BCUT2D eigenvalue weighted by Crippen LogP contribution is -2.47. The first-order valence-corrected chi connectivity index (χ1v) is 10.1. The Morgan fingerprint density at radius 2 is 1.97 bits per heavy atom. The number of piperazine rings is 1. The van der Waals surface area contributed by atoms with Crippen molar-refractivity contribution in [2.24, 2.45) is 0 Å². The standard InChI is InChI=1S/C21H27N7O2/c1-4-23-19-18-15(24-21(22)25-19)7-8-28(18)16-6-5-14(13-17(16)30-3)20(29)27-11-9-26(2)10-12-27/h5-8,13H,4,9-12H2,1-3H3,(H3,22,23,24,25). The van der Waals surface area contributed by atoms with Gasteiger partial charge >= 0.3 is 0 Å². The third-order valence-corrected chi connectivity index (χ3v) is 5.37. The van der Waals surface area contributed by atoms with Crippen molar-refractivity contribution in [2.45, 2.75) is 6.92 Å². The van der Waals surface area contributed by atoms with Crippen molar-refractivity contribution in [3.05, 3.63) is 36.0 Å². The predicted molar refractivity (Wildman–Crippen MR) is 117 cm³/mol.